The van der Waals surface area contributed by atoms with Gasteiger partial charge in [-0.1, -0.05) is 42.5 Å². The summed E-state index contributed by atoms with van der Waals surface area (Å²) in [7, 11) is 0. The van der Waals surface area contributed by atoms with Gasteiger partial charge in [-0.15, -0.1) is 0 Å². The van der Waals surface area contributed by atoms with Gasteiger partial charge in [0.05, 0.1) is 0 Å². The minimum Gasteiger partial charge on any atom is -0.485 e. The molecule has 0 heterocycles. The Morgan fingerprint density at radius 2 is 1.65 bits per heavy atom. The van der Waals surface area contributed by atoms with Crippen LogP contribution in [-0.4, -0.2) is 17.2 Å². The van der Waals surface area contributed by atoms with E-state index < -0.39 is 12.1 Å². The van der Waals surface area contributed by atoms with E-state index in [9.17, 15) is 4.79 Å². The minimum atomic E-state index is -1.01. The molecule has 0 aliphatic heterocycles. The lowest BCUT2D eigenvalue weighted by Crippen LogP contribution is -2.23. The lowest BCUT2D eigenvalue weighted by molar-refractivity contribution is -0.144. The van der Waals surface area contributed by atoms with E-state index in [2.05, 4.69) is 0 Å². The van der Waals surface area contributed by atoms with Crippen LogP contribution in [0.3, 0.4) is 0 Å². The number of aliphatic carboxylic acids is 1. The molecule has 2 aromatic carbocycles. The van der Waals surface area contributed by atoms with Crippen molar-refractivity contribution in [2.75, 3.05) is 0 Å². The van der Waals surface area contributed by atoms with Gasteiger partial charge in [-0.2, -0.15) is 0 Å². The van der Waals surface area contributed by atoms with Crippen molar-refractivity contribution in [2.24, 2.45) is 0 Å². The zero-order valence-electron chi connectivity index (χ0n) is 11.2. The Morgan fingerprint density at radius 3 is 2.30 bits per heavy atom. The van der Waals surface area contributed by atoms with Gasteiger partial charge in [0, 0.05) is 0 Å². The third-order valence-electron chi connectivity index (χ3n) is 2.74. The number of carbonyl (C=O) groups is 1. The number of hydrogen-bond donors (Lipinski definition) is 1. The molecule has 1 N–H and O–H groups in total. The highest BCUT2D eigenvalue weighted by Gasteiger charge is 2.15. The molecule has 0 bridgehead atoms. The molecular weight excluding hydrogens is 256 g/mol. The molecule has 2 aromatic rings. The summed E-state index contributed by atoms with van der Waals surface area (Å²) in [6.07, 6.45) is -0.920. The van der Waals surface area contributed by atoms with Gasteiger partial charge in [0.25, 0.3) is 0 Å². The zero-order valence-corrected chi connectivity index (χ0v) is 11.2. The molecule has 0 aliphatic rings. The number of ether oxygens (including phenoxy) is 2. The smallest absolute Gasteiger partial charge is 0.344 e. The summed E-state index contributed by atoms with van der Waals surface area (Å²) in [5, 5.41) is 8.88. The SMILES string of the molecule is CC(Oc1ccccc1OCc1ccccc1)C(=O)O. The number of benzene rings is 2. The van der Waals surface area contributed by atoms with Gasteiger partial charge in [0.1, 0.15) is 6.61 Å². The van der Waals surface area contributed by atoms with E-state index in [1.165, 1.54) is 6.92 Å². The molecule has 0 saturated heterocycles. The second-order valence-corrected chi connectivity index (χ2v) is 4.32. The van der Waals surface area contributed by atoms with Crippen molar-refractivity contribution < 1.29 is 19.4 Å². The maximum atomic E-state index is 10.8. The molecule has 0 amide bonds. The summed E-state index contributed by atoms with van der Waals surface area (Å²) in [4.78, 5) is 10.8. The van der Waals surface area contributed by atoms with E-state index >= 15 is 0 Å². The first-order valence-corrected chi connectivity index (χ1v) is 6.32. The van der Waals surface area contributed by atoms with Crippen molar-refractivity contribution in [3.8, 4) is 11.5 Å². The Balaban J connectivity index is 2.06. The molecular formula is C16H16O4. The quantitative estimate of drug-likeness (QED) is 0.877. The second kappa shape index (κ2) is 6.61. The first kappa shape index (κ1) is 13.9. The third kappa shape index (κ3) is 3.75. The monoisotopic (exact) mass is 272 g/mol. The molecule has 0 aliphatic carbocycles. The van der Waals surface area contributed by atoms with Crippen molar-refractivity contribution in [3.05, 3.63) is 60.2 Å². The first-order valence-electron chi connectivity index (χ1n) is 6.32. The van der Waals surface area contributed by atoms with Gasteiger partial charge in [-0.05, 0) is 24.6 Å². The maximum absolute atomic E-state index is 10.8. The van der Waals surface area contributed by atoms with Crippen molar-refractivity contribution in [1.29, 1.82) is 0 Å². The fraction of sp³-hybridized carbons (Fsp3) is 0.188. The summed E-state index contributed by atoms with van der Waals surface area (Å²) < 4.78 is 11.1. The summed E-state index contributed by atoms with van der Waals surface area (Å²) in [6, 6.07) is 16.8. The van der Waals surface area contributed by atoms with Crippen LogP contribution in [0.25, 0.3) is 0 Å². The van der Waals surface area contributed by atoms with Gasteiger partial charge in [-0.25, -0.2) is 4.79 Å². The maximum Gasteiger partial charge on any atom is 0.344 e. The summed E-state index contributed by atoms with van der Waals surface area (Å²) in [6.45, 7) is 1.89. The van der Waals surface area contributed by atoms with Crippen LogP contribution in [0.15, 0.2) is 54.6 Å². The van der Waals surface area contributed by atoms with E-state index in [1.54, 1.807) is 18.2 Å². The van der Waals surface area contributed by atoms with E-state index in [4.69, 9.17) is 14.6 Å². The Hall–Kier alpha value is -2.49. The predicted octanol–water partition coefficient (Wildman–Crippen LogP) is 3.12. The average Bonchev–Trinajstić information content (AvgIpc) is 2.47. The molecule has 4 heteroatoms. The Kier molecular flexibility index (Phi) is 4.60. The largest absolute Gasteiger partial charge is 0.485 e. The molecule has 0 spiro atoms. The van der Waals surface area contributed by atoms with E-state index in [0.29, 0.717) is 18.1 Å². The Labute approximate surface area is 117 Å². The van der Waals surface area contributed by atoms with Crippen molar-refractivity contribution >= 4 is 5.97 Å². The summed E-state index contributed by atoms with van der Waals surface area (Å²) in [5.74, 6) is -0.0503. The van der Waals surface area contributed by atoms with Crippen molar-refractivity contribution in [2.45, 2.75) is 19.6 Å². The molecule has 20 heavy (non-hydrogen) atoms. The topological polar surface area (TPSA) is 55.8 Å². The van der Waals surface area contributed by atoms with E-state index in [-0.39, 0.29) is 0 Å². The number of carboxylic acid groups (broad SMARTS) is 1. The zero-order chi connectivity index (χ0) is 14.4. The van der Waals surface area contributed by atoms with Gasteiger partial charge in [0.2, 0.25) is 0 Å². The normalized spacial score (nSPS) is 11.7. The second-order valence-electron chi connectivity index (χ2n) is 4.32. The van der Waals surface area contributed by atoms with Crippen LogP contribution in [0, 0.1) is 0 Å². The third-order valence-corrected chi connectivity index (χ3v) is 2.74. The van der Waals surface area contributed by atoms with E-state index in [0.717, 1.165) is 5.56 Å². The Bertz CT molecular complexity index is 566. The minimum absolute atomic E-state index is 0.405. The van der Waals surface area contributed by atoms with Crippen LogP contribution in [0.5, 0.6) is 11.5 Å². The highest BCUT2D eigenvalue weighted by molar-refractivity contribution is 5.72. The number of carboxylic acids is 1. The molecule has 0 radical (unpaired) electrons. The lowest BCUT2D eigenvalue weighted by Gasteiger charge is -2.15. The summed E-state index contributed by atoms with van der Waals surface area (Å²) in [5.41, 5.74) is 1.04. The fourth-order valence-electron chi connectivity index (χ4n) is 1.64. The Morgan fingerprint density at radius 1 is 1.05 bits per heavy atom. The van der Waals surface area contributed by atoms with Crippen LogP contribution in [0.4, 0.5) is 0 Å². The molecule has 4 nitrogen and oxygen atoms in total. The molecule has 1 unspecified atom stereocenters. The highest BCUT2D eigenvalue weighted by atomic mass is 16.5. The number of hydrogen-bond acceptors (Lipinski definition) is 3. The van der Waals surface area contributed by atoms with E-state index in [1.807, 2.05) is 36.4 Å². The molecule has 0 aromatic heterocycles. The van der Waals surface area contributed by atoms with Crippen molar-refractivity contribution in [3.63, 3.8) is 0 Å². The lowest BCUT2D eigenvalue weighted by atomic mass is 10.2. The average molecular weight is 272 g/mol. The molecule has 104 valence electrons. The van der Waals surface area contributed by atoms with Crippen molar-refractivity contribution in [1.82, 2.24) is 0 Å². The summed E-state index contributed by atoms with van der Waals surface area (Å²) >= 11 is 0. The predicted molar refractivity (Wildman–Crippen MR) is 74.9 cm³/mol. The number of rotatable bonds is 6. The standard InChI is InChI=1S/C16H16O4/c1-12(16(17)18)20-15-10-6-5-9-14(15)19-11-13-7-3-2-4-8-13/h2-10,12H,11H2,1H3,(H,17,18). The fourth-order valence-corrected chi connectivity index (χ4v) is 1.64. The van der Waals surface area contributed by atoms with Gasteiger partial charge < -0.3 is 14.6 Å². The van der Waals surface area contributed by atoms with Gasteiger partial charge in [-0.3, -0.25) is 0 Å². The molecule has 1 atom stereocenters. The van der Waals surface area contributed by atoms with Crippen LogP contribution in [0.1, 0.15) is 12.5 Å². The van der Waals surface area contributed by atoms with Crippen LogP contribution in [-0.2, 0) is 11.4 Å². The van der Waals surface area contributed by atoms with Crippen LogP contribution < -0.4 is 9.47 Å². The molecule has 0 fully saturated rings. The number of para-hydroxylation sites is 2. The van der Waals surface area contributed by atoms with Gasteiger partial charge in [0.15, 0.2) is 17.6 Å². The molecule has 0 saturated carbocycles. The van der Waals surface area contributed by atoms with Gasteiger partial charge >= 0.3 is 5.97 Å². The van der Waals surface area contributed by atoms with Crippen LogP contribution in [0.2, 0.25) is 0 Å². The highest BCUT2D eigenvalue weighted by Crippen LogP contribution is 2.28. The molecule has 2 rings (SSSR count). The first-order chi connectivity index (χ1) is 9.66. The van der Waals surface area contributed by atoms with Crippen LogP contribution >= 0.6 is 0 Å².